The highest BCUT2D eigenvalue weighted by atomic mass is 19.4. The summed E-state index contributed by atoms with van der Waals surface area (Å²) in [6, 6.07) is 12.4. The molecule has 3 nitrogen and oxygen atoms in total. The van der Waals surface area contributed by atoms with Crippen LogP contribution in [0, 0.1) is 5.92 Å². The zero-order valence-electron chi connectivity index (χ0n) is 13.2. The fourth-order valence-corrected chi connectivity index (χ4v) is 3.44. The third-order valence-electron chi connectivity index (χ3n) is 4.62. The number of aromatic nitrogens is 1. The number of rotatable bonds is 4. The molecule has 3 rings (SSSR count). The first-order valence-corrected chi connectivity index (χ1v) is 7.97. The fraction of sp³-hybridized carbons (Fsp3) is 0.389. The highest BCUT2D eigenvalue weighted by Gasteiger charge is 2.37. The summed E-state index contributed by atoms with van der Waals surface area (Å²) in [5.74, 6) is 0.486. The molecule has 6 heteroatoms. The zero-order valence-corrected chi connectivity index (χ0v) is 13.2. The Morgan fingerprint density at radius 1 is 1.08 bits per heavy atom. The van der Waals surface area contributed by atoms with Crippen LogP contribution >= 0.6 is 0 Å². The molecule has 2 atom stereocenters. The van der Waals surface area contributed by atoms with Crippen LogP contribution in [0.25, 0.3) is 0 Å². The van der Waals surface area contributed by atoms with E-state index in [1.54, 1.807) is 0 Å². The topological polar surface area (TPSA) is 42.1 Å². The molecular formula is C18H20F3N3. The zero-order chi connectivity index (χ0) is 17.2. The van der Waals surface area contributed by atoms with Crippen LogP contribution in [0.3, 0.4) is 0 Å². The molecule has 128 valence electrons. The quantitative estimate of drug-likeness (QED) is 0.932. The van der Waals surface area contributed by atoms with Crippen LogP contribution in [0.15, 0.2) is 48.7 Å². The van der Waals surface area contributed by atoms with Gasteiger partial charge in [-0.2, -0.15) is 13.2 Å². The molecule has 1 aliphatic rings. The van der Waals surface area contributed by atoms with Gasteiger partial charge >= 0.3 is 6.18 Å². The molecule has 2 N–H and O–H groups in total. The summed E-state index contributed by atoms with van der Waals surface area (Å²) >= 11 is 0. The third-order valence-corrected chi connectivity index (χ3v) is 4.62. The number of alkyl halides is 3. The van der Waals surface area contributed by atoms with Crippen LogP contribution < -0.4 is 5.73 Å². The maximum atomic E-state index is 13.1. The van der Waals surface area contributed by atoms with Crippen molar-refractivity contribution in [2.45, 2.75) is 18.6 Å². The summed E-state index contributed by atoms with van der Waals surface area (Å²) in [4.78, 5) is 5.98. The van der Waals surface area contributed by atoms with E-state index in [4.69, 9.17) is 5.73 Å². The Hall–Kier alpha value is -1.92. The lowest BCUT2D eigenvalue weighted by molar-refractivity contribution is -0.138. The minimum Gasteiger partial charge on any atom is -0.330 e. The smallest absolute Gasteiger partial charge is 0.330 e. The van der Waals surface area contributed by atoms with Crippen LogP contribution in [0.5, 0.6) is 0 Å². The standard InChI is InChI=1S/C18H20F3N3/c19-18(20,21)16-7-4-8-23-17(16)12-24-10-14(9-22)15(11-24)13-5-2-1-3-6-13/h1-8,14-15H,9-12,22H2/t14-,15+/m1/s1. The lowest BCUT2D eigenvalue weighted by Gasteiger charge is -2.18. The minimum atomic E-state index is -4.38. The molecule has 0 aliphatic carbocycles. The first-order valence-electron chi connectivity index (χ1n) is 7.97. The Morgan fingerprint density at radius 3 is 2.50 bits per heavy atom. The van der Waals surface area contributed by atoms with Crippen molar-refractivity contribution in [3.63, 3.8) is 0 Å². The van der Waals surface area contributed by atoms with E-state index in [2.05, 4.69) is 17.1 Å². The number of benzene rings is 1. The van der Waals surface area contributed by atoms with Gasteiger partial charge in [0.25, 0.3) is 0 Å². The molecule has 1 fully saturated rings. The molecule has 0 radical (unpaired) electrons. The molecule has 0 bridgehead atoms. The van der Waals surface area contributed by atoms with Gasteiger partial charge in [0.1, 0.15) is 0 Å². The monoisotopic (exact) mass is 335 g/mol. The van der Waals surface area contributed by atoms with Gasteiger partial charge in [-0.1, -0.05) is 30.3 Å². The van der Waals surface area contributed by atoms with Crippen molar-refractivity contribution in [3.05, 3.63) is 65.5 Å². The lowest BCUT2D eigenvalue weighted by Crippen LogP contribution is -2.25. The van der Waals surface area contributed by atoms with Gasteiger partial charge in [0.05, 0.1) is 11.3 Å². The maximum Gasteiger partial charge on any atom is 0.418 e. The molecule has 0 amide bonds. The Morgan fingerprint density at radius 2 is 1.83 bits per heavy atom. The van der Waals surface area contributed by atoms with Crippen molar-refractivity contribution in [2.24, 2.45) is 11.7 Å². The Balaban J connectivity index is 1.78. The van der Waals surface area contributed by atoms with Crippen LogP contribution in [-0.2, 0) is 12.7 Å². The van der Waals surface area contributed by atoms with E-state index >= 15 is 0 Å². The first kappa shape index (κ1) is 16.9. The number of hydrogen-bond donors (Lipinski definition) is 1. The van der Waals surface area contributed by atoms with E-state index in [1.807, 2.05) is 23.1 Å². The van der Waals surface area contributed by atoms with Gasteiger partial charge in [-0.25, -0.2) is 0 Å². The Bertz CT molecular complexity index is 673. The fourth-order valence-electron chi connectivity index (χ4n) is 3.44. The lowest BCUT2D eigenvalue weighted by atomic mass is 9.89. The van der Waals surface area contributed by atoms with Crippen molar-refractivity contribution in [1.29, 1.82) is 0 Å². The van der Waals surface area contributed by atoms with Crippen LogP contribution in [0.2, 0.25) is 0 Å². The van der Waals surface area contributed by atoms with Gasteiger partial charge in [-0.05, 0) is 30.2 Å². The minimum absolute atomic E-state index is 0.0782. The summed E-state index contributed by atoms with van der Waals surface area (Å²) in [5, 5.41) is 0. The Kier molecular flexibility index (Phi) is 4.87. The second-order valence-corrected chi connectivity index (χ2v) is 6.20. The number of pyridine rings is 1. The van der Waals surface area contributed by atoms with E-state index in [0.717, 1.165) is 6.07 Å². The molecule has 2 heterocycles. The average Bonchev–Trinajstić information content (AvgIpc) is 2.98. The molecule has 0 saturated carbocycles. The molecule has 2 aromatic rings. The summed E-state index contributed by atoms with van der Waals surface area (Å²) < 4.78 is 39.4. The predicted molar refractivity (Wildman–Crippen MR) is 86.2 cm³/mol. The predicted octanol–water partition coefficient (Wildman–Crippen LogP) is 3.27. The van der Waals surface area contributed by atoms with E-state index in [-0.39, 0.29) is 24.1 Å². The third kappa shape index (κ3) is 3.60. The van der Waals surface area contributed by atoms with Gasteiger partial charge in [0.2, 0.25) is 0 Å². The largest absolute Gasteiger partial charge is 0.418 e. The molecule has 0 unspecified atom stereocenters. The molecule has 1 aromatic heterocycles. The molecule has 0 spiro atoms. The van der Waals surface area contributed by atoms with E-state index in [9.17, 15) is 13.2 Å². The van der Waals surface area contributed by atoms with Gasteiger partial charge in [-0.15, -0.1) is 0 Å². The van der Waals surface area contributed by atoms with Crippen molar-refractivity contribution < 1.29 is 13.2 Å². The number of nitrogens with two attached hydrogens (primary N) is 1. The van der Waals surface area contributed by atoms with Gasteiger partial charge < -0.3 is 5.73 Å². The van der Waals surface area contributed by atoms with Crippen molar-refractivity contribution >= 4 is 0 Å². The number of hydrogen-bond acceptors (Lipinski definition) is 3. The number of halogens is 3. The first-order chi connectivity index (χ1) is 11.5. The van der Waals surface area contributed by atoms with E-state index in [0.29, 0.717) is 19.6 Å². The molecule has 1 aromatic carbocycles. The number of nitrogens with zero attached hydrogens (tertiary/aromatic N) is 2. The summed E-state index contributed by atoms with van der Waals surface area (Å²) in [6.45, 7) is 2.09. The van der Waals surface area contributed by atoms with Crippen LogP contribution in [-0.4, -0.2) is 29.5 Å². The Labute approximate surface area is 139 Å². The van der Waals surface area contributed by atoms with E-state index < -0.39 is 11.7 Å². The summed E-state index contributed by atoms with van der Waals surface area (Å²) in [6.07, 6.45) is -2.97. The average molecular weight is 335 g/mol. The molecule has 1 aliphatic heterocycles. The van der Waals surface area contributed by atoms with Crippen LogP contribution in [0.1, 0.15) is 22.7 Å². The van der Waals surface area contributed by atoms with Gasteiger partial charge in [-0.3, -0.25) is 9.88 Å². The normalized spacial score (nSPS) is 22.0. The molecule has 1 saturated heterocycles. The second kappa shape index (κ2) is 6.91. The number of likely N-dealkylation sites (tertiary alicyclic amines) is 1. The molecule has 24 heavy (non-hydrogen) atoms. The van der Waals surface area contributed by atoms with Crippen molar-refractivity contribution in [1.82, 2.24) is 9.88 Å². The van der Waals surface area contributed by atoms with Crippen molar-refractivity contribution in [2.75, 3.05) is 19.6 Å². The second-order valence-electron chi connectivity index (χ2n) is 6.20. The highest BCUT2D eigenvalue weighted by molar-refractivity contribution is 5.25. The van der Waals surface area contributed by atoms with Gasteiger partial charge in [0.15, 0.2) is 0 Å². The summed E-state index contributed by atoms with van der Waals surface area (Å²) in [5.41, 5.74) is 6.50. The highest BCUT2D eigenvalue weighted by Crippen LogP contribution is 2.35. The summed E-state index contributed by atoms with van der Waals surface area (Å²) in [7, 11) is 0. The molecular weight excluding hydrogens is 315 g/mol. The van der Waals surface area contributed by atoms with Gasteiger partial charge in [0, 0.05) is 31.7 Å². The van der Waals surface area contributed by atoms with Crippen molar-refractivity contribution in [3.8, 4) is 0 Å². The van der Waals surface area contributed by atoms with E-state index in [1.165, 1.54) is 17.8 Å². The van der Waals surface area contributed by atoms with Crippen LogP contribution in [0.4, 0.5) is 13.2 Å². The SMILES string of the molecule is NC[C@@H]1CN(Cc2ncccc2C(F)(F)F)C[C@H]1c1ccccc1. The maximum absolute atomic E-state index is 13.1.